The van der Waals surface area contributed by atoms with Crippen LogP contribution in [0.2, 0.25) is 5.02 Å². The molecule has 1 aromatic heterocycles. The SMILES string of the molecule is CC1(C)CC(=O)c2sc(-c3ccc(Cl)c(F)c3)nc2C1. The summed E-state index contributed by atoms with van der Waals surface area (Å²) in [6.07, 6.45) is 1.32. The number of carbonyl (C=O) groups excluding carboxylic acids is 1. The third-order valence-electron chi connectivity index (χ3n) is 3.40. The molecule has 20 heavy (non-hydrogen) atoms. The van der Waals surface area contributed by atoms with E-state index >= 15 is 0 Å². The van der Waals surface area contributed by atoms with Crippen LogP contribution in [-0.4, -0.2) is 10.8 Å². The van der Waals surface area contributed by atoms with Gasteiger partial charge in [-0.3, -0.25) is 4.79 Å². The second kappa shape index (κ2) is 4.64. The van der Waals surface area contributed by atoms with Gasteiger partial charge in [-0.2, -0.15) is 0 Å². The molecule has 0 unspecified atom stereocenters. The van der Waals surface area contributed by atoms with Crippen LogP contribution in [-0.2, 0) is 6.42 Å². The van der Waals surface area contributed by atoms with Gasteiger partial charge in [-0.25, -0.2) is 9.37 Å². The molecule has 0 saturated carbocycles. The van der Waals surface area contributed by atoms with Gasteiger partial charge in [-0.1, -0.05) is 31.5 Å². The highest BCUT2D eigenvalue weighted by Crippen LogP contribution is 2.39. The van der Waals surface area contributed by atoms with E-state index in [2.05, 4.69) is 18.8 Å². The van der Waals surface area contributed by atoms with Gasteiger partial charge in [0.25, 0.3) is 0 Å². The maximum atomic E-state index is 13.5. The molecule has 2 nitrogen and oxygen atoms in total. The van der Waals surface area contributed by atoms with Gasteiger partial charge >= 0.3 is 0 Å². The lowest BCUT2D eigenvalue weighted by molar-refractivity contribution is 0.0916. The van der Waals surface area contributed by atoms with Crippen LogP contribution in [0.5, 0.6) is 0 Å². The summed E-state index contributed by atoms with van der Waals surface area (Å²) in [5.74, 6) is -0.335. The Labute approximate surface area is 125 Å². The maximum Gasteiger partial charge on any atom is 0.175 e. The first-order chi connectivity index (χ1) is 9.35. The third kappa shape index (κ3) is 2.38. The molecule has 0 N–H and O–H groups in total. The summed E-state index contributed by atoms with van der Waals surface area (Å²) in [4.78, 5) is 17.4. The Morgan fingerprint density at radius 1 is 1.35 bits per heavy atom. The largest absolute Gasteiger partial charge is 0.293 e. The summed E-state index contributed by atoms with van der Waals surface area (Å²) in [5.41, 5.74) is 1.44. The standard InChI is InChI=1S/C15H13ClFNOS/c1-15(2)6-11-13(12(19)7-15)20-14(18-11)8-3-4-9(16)10(17)5-8/h3-5H,6-7H2,1-2H3. The smallest absolute Gasteiger partial charge is 0.175 e. The normalized spacial score (nSPS) is 17.1. The number of ketones is 1. The number of hydrogen-bond acceptors (Lipinski definition) is 3. The fraction of sp³-hybridized carbons (Fsp3) is 0.333. The van der Waals surface area contributed by atoms with Crippen molar-refractivity contribution in [2.24, 2.45) is 5.41 Å². The number of halogens is 2. The average Bonchev–Trinajstić information content (AvgIpc) is 2.75. The second-order valence-electron chi connectivity index (χ2n) is 5.86. The van der Waals surface area contributed by atoms with Crippen molar-refractivity contribution in [1.82, 2.24) is 4.98 Å². The van der Waals surface area contributed by atoms with Crippen LogP contribution in [0.15, 0.2) is 18.2 Å². The Kier molecular flexibility index (Phi) is 3.18. The van der Waals surface area contributed by atoms with Gasteiger partial charge in [0.15, 0.2) is 5.78 Å². The van der Waals surface area contributed by atoms with E-state index in [4.69, 9.17) is 11.6 Å². The summed E-state index contributed by atoms with van der Waals surface area (Å²) in [6, 6.07) is 4.60. The molecule has 104 valence electrons. The lowest BCUT2D eigenvalue weighted by atomic mass is 9.78. The highest BCUT2D eigenvalue weighted by Gasteiger charge is 2.33. The van der Waals surface area contributed by atoms with E-state index < -0.39 is 5.82 Å². The van der Waals surface area contributed by atoms with E-state index in [-0.39, 0.29) is 16.2 Å². The van der Waals surface area contributed by atoms with Crippen molar-refractivity contribution in [3.63, 3.8) is 0 Å². The van der Waals surface area contributed by atoms with Gasteiger partial charge in [-0.05, 0) is 24.0 Å². The van der Waals surface area contributed by atoms with Gasteiger partial charge in [0.05, 0.1) is 15.6 Å². The first-order valence-electron chi connectivity index (χ1n) is 6.34. The number of carbonyl (C=O) groups is 1. The molecule has 0 amide bonds. The molecule has 0 atom stereocenters. The second-order valence-corrected chi connectivity index (χ2v) is 7.27. The molecule has 1 aromatic carbocycles. The van der Waals surface area contributed by atoms with E-state index in [1.807, 2.05) is 0 Å². The molecule has 5 heteroatoms. The first kappa shape index (κ1) is 13.7. The lowest BCUT2D eigenvalue weighted by Gasteiger charge is -2.26. The molecular weight excluding hydrogens is 297 g/mol. The fourth-order valence-corrected chi connectivity index (χ4v) is 3.61. The number of thiazole rings is 1. The van der Waals surface area contributed by atoms with E-state index in [9.17, 15) is 9.18 Å². The molecule has 1 heterocycles. The first-order valence-corrected chi connectivity index (χ1v) is 7.53. The number of rotatable bonds is 1. The molecular formula is C15H13ClFNOS. The van der Waals surface area contributed by atoms with E-state index in [1.54, 1.807) is 6.07 Å². The van der Waals surface area contributed by atoms with E-state index in [0.29, 0.717) is 17.0 Å². The lowest BCUT2D eigenvalue weighted by Crippen LogP contribution is -2.25. The summed E-state index contributed by atoms with van der Waals surface area (Å²) < 4.78 is 13.5. The van der Waals surface area contributed by atoms with Crippen molar-refractivity contribution in [1.29, 1.82) is 0 Å². The summed E-state index contributed by atoms with van der Waals surface area (Å²) >= 11 is 7.03. The zero-order valence-electron chi connectivity index (χ0n) is 11.2. The Hall–Kier alpha value is -1.26. The molecule has 2 aromatic rings. The molecule has 0 bridgehead atoms. The van der Waals surface area contributed by atoms with Gasteiger partial charge in [0.1, 0.15) is 10.8 Å². The van der Waals surface area contributed by atoms with Crippen molar-refractivity contribution in [3.8, 4) is 10.6 Å². The molecule has 0 spiro atoms. The van der Waals surface area contributed by atoms with Crippen LogP contribution < -0.4 is 0 Å². The van der Waals surface area contributed by atoms with Crippen LogP contribution in [0, 0.1) is 11.2 Å². The van der Waals surface area contributed by atoms with Crippen molar-refractivity contribution in [3.05, 3.63) is 39.6 Å². The van der Waals surface area contributed by atoms with Crippen molar-refractivity contribution < 1.29 is 9.18 Å². The number of Topliss-reactive ketones (excluding diaryl/α,β-unsaturated/α-hetero) is 1. The van der Waals surface area contributed by atoms with Crippen LogP contribution >= 0.6 is 22.9 Å². The zero-order valence-corrected chi connectivity index (χ0v) is 12.7. The minimum absolute atomic E-state index is 0.0549. The Morgan fingerprint density at radius 3 is 2.80 bits per heavy atom. The monoisotopic (exact) mass is 309 g/mol. The number of hydrogen-bond donors (Lipinski definition) is 0. The predicted molar refractivity (Wildman–Crippen MR) is 79.0 cm³/mol. The number of benzene rings is 1. The van der Waals surface area contributed by atoms with E-state index in [1.165, 1.54) is 23.5 Å². The minimum Gasteiger partial charge on any atom is -0.293 e. The number of nitrogens with zero attached hydrogens (tertiary/aromatic N) is 1. The van der Waals surface area contributed by atoms with E-state index in [0.717, 1.165) is 17.0 Å². The molecule has 0 radical (unpaired) electrons. The van der Waals surface area contributed by atoms with Gasteiger partial charge in [-0.15, -0.1) is 11.3 Å². The quantitative estimate of drug-likeness (QED) is 0.760. The zero-order chi connectivity index (χ0) is 14.5. The predicted octanol–water partition coefficient (Wildman–Crippen LogP) is 4.76. The van der Waals surface area contributed by atoms with Gasteiger partial charge in [0.2, 0.25) is 0 Å². The number of aromatic nitrogens is 1. The van der Waals surface area contributed by atoms with Crippen LogP contribution in [0.1, 0.15) is 35.6 Å². The summed E-state index contributed by atoms with van der Waals surface area (Å²) in [7, 11) is 0. The molecule has 0 aliphatic heterocycles. The summed E-state index contributed by atoms with van der Waals surface area (Å²) in [6.45, 7) is 4.13. The minimum atomic E-state index is -0.469. The summed E-state index contributed by atoms with van der Waals surface area (Å²) in [5, 5.41) is 0.767. The fourth-order valence-electron chi connectivity index (χ4n) is 2.47. The highest BCUT2D eigenvalue weighted by atomic mass is 35.5. The van der Waals surface area contributed by atoms with Crippen molar-refractivity contribution in [2.75, 3.05) is 0 Å². The Bertz CT molecular complexity index is 708. The number of fused-ring (bicyclic) bond motifs is 1. The van der Waals surface area contributed by atoms with Gasteiger partial charge in [0, 0.05) is 12.0 Å². The average molecular weight is 310 g/mol. The topological polar surface area (TPSA) is 30.0 Å². The Morgan fingerprint density at radius 2 is 2.10 bits per heavy atom. The van der Waals surface area contributed by atoms with Crippen LogP contribution in [0.3, 0.4) is 0 Å². The van der Waals surface area contributed by atoms with Crippen LogP contribution in [0.25, 0.3) is 10.6 Å². The molecule has 0 fully saturated rings. The molecule has 1 aliphatic carbocycles. The third-order valence-corrected chi connectivity index (χ3v) is 4.90. The molecule has 1 aliphatic rings. The van der Waals surface area contributed by atoms with Gasteiger partial charge < -0.3 is 0 Å². The van der Waals surface area contributed by atoms with Crippen molar-refractivity contribution >= 4 is 28.7 Å². The van der Waals surface area contributed by atoms with Crippen LogP contribution in [0.4, 0.5) is 4.39 Å². The molecule has 3 rings (SSSR count). The highest BCUT2D eigenvalue weighted by molar-refractivity contribution is 7.17. The molecule has 0 saturated heterocycles. The maximum absolute atomic E-state index is 13.5. The van der Waals surface area contributed by atoms with Crippen molar-refractivity contribution in [2.45, 2.75) is 26.7 Å². The Balaban J connectivity index is 2.05.